The molecule has 2 aliphatic heterocycles. The van der Waals surface area contributed by atoms with Gasteiger partial charge in [0, 0.05) is 11.8 Å². The zero-order valence-electron chi connectivity index (χ0n) is 14.1. The Labute approximate surface area is 153 Å². The molecule has 1 fully saturated rings. The van der Waals surface area contributed by atoms with Gasteiger partial charge in [0.2, 0.25) is 6.29 Å². The van der Waals surface area contributed by atoms with E-state index in [4.69, 9.17) is 19.3 Å². The van der Waals surface area contributed by atoms with Crippen molar-refractivity contribution in [3.8, 4) is 0 Å². The lowest BCUT2D eigenvalue weighted by Gasteiger charge is -2.42. The standard InChI is InChI=1S/C16H22O11/c1-2-6-7(3-10(18)19)8(14(23)24)5-25-15(6)27-16-13(22)12(21)11(20)9(4-17)26-16/h2,5-7,9,11-13,15-17,20-22H,1,3-4H2,(H,18,19)(H,23,24)/t6-,7+,9-,11-,12+,13-,15+,16+/m1/s1. The van der Waals surface area contributed by atoms with Gasteiger partial charge in [-0.15, -0.1) is 6.58 Å². The predicted molar refractivity (Wildman–Crippen MR) is 84.9 cm³/mol. The van der Waals surface area contributed by atoms with E-state index in [0.717, 1.165) is 6.26 Å². The third-order valence-corrected chi connectivity index (χ3v) is 4.54. The Morgan fingerprint density at radius 2 is 1.81 bits per heavy atom. The number of carboxylic acids is 2. The zero-order chi connectivity index (χ0) is 20.3. The topological polar surface area (TPSA) is 183 Å². The van der Waals surface area contributed by atoms with E-state index in [1.54, 1.807) is 0 Å². The molecule has 0 unspecified atom stereocenters. The number of hydrogen-bond donors (Lipinski definition) is 6. The van der Waals surface area contributed by atoms with Crippen LogP contribution in [0, 0.1) is 11.8 Å². The second kappa shape index (κ2) is 8.78. The van der Waals surface area contributed by atoms with Gasteiger partial charge < -0.3 is 44.8 Å². The summed E-state index contributed by atoms with van der Waals surface area (Å²) in [5.41, 5.74) is -0.282. The van der Waals surface area contributed by atoms with Gasteiger partial charge in [-0.05, 0) is 0 Å². The minimum Gasteiger partial charge on any atom is -0.481 e. The molecule has 0 amide bonds. The number of carboxylic acid groups (broad SMARTS) is 2. The van der Waals surface area contributed by atoms with Crippen LogP contribution in [0.5, 0.6) is 0 Å². The first-order valence-electron chi connectivity index (χ1n) is 8.10. The lowest BCUT2D eigenvalue weighted by atomic mass is 9.81. The fourth-order valence-electron chi connectivity index (χ4n) is 3.07. The predicted octanol–water partition coefficient (Wildman–Crippen LogP) is -1.98. The van der Waals surface area contributed by atoms with Crippen molar-refractivity contribution in [3.63, 3.8) is 0 Å². The molecule has 2 heterocycles. The fraction of sp³-hybridized carbons (Fsp3) is 0.625. The van der Waals surface area contributed by atoms with Gasteiger partial charge >= 0.3 is 11.9 Å². The van der Waals surface area contributed by atoms with Crippen LogP contribution in [0.4, 0.5) is 0 Å². The summed E-state index contributed by atoms with van der Waals surface area (Å²) in [5, 5.41) is 57.1. The highest BCUT2D eigenvalue weighted by Gasteiger charge is 2.47. The van der Waals surface area contributed by atoms with Crippen molar-refractivity contribution in [1.82, 2.24) is 0 Å². The number of ether oxygens (including phenoxy) is 3. The van der Waals surface area contributed by atoms with Crippen LogP contribution < -0.4 is 0 Å². The lowest BCUT2D eigenvalue weighted by Crippen LogP contribution is -2.60. The van der Waals surface area contributed by atoms with Gasteiger partial charge in [-0.2, -0.15) is 0 Å². The molecule has 152 valence electrons. The van der Waals surface area contributed by atoms with E-state index < -0.39 is 73.8 Å². The summed E-state index contributed by atoms with van der Waals surface area (Å²) in [4.78, 5) is 22.5. The Morgan fingerprint density at radius 3 is 2.33 bits per heavy atom. The second-order valence-electron chi connectivity index (χ2n) is 6.23. The highest BCUT2D eigenvalue weighted by atomic mass is 16.8. The highest BCUT2D eigenvalue weighted by molar-refractivity contribution is 5.88. The molecule has 0 aromatic carbocycles. The van der Waals surface area contributed by atoms with E-state index in [1.807, 2.05) is 0 Å². The molecular weight excluding hydrogens is 368 g/mol. The van der Waals surface area contributed by atoms with Crippen molar-refractivity contribution in [2.24, 2.45) is 11.8 Å². The molecule has 0 aliphatic carbocycles. The first kappa shape index (κ1) is 21.3. The molecule has 2 rings (SSSR count). The molecule has 27 heavy (non-hydrogen) atoms. The van der Waals surface area contributed by atoms with Crippen LogP contribution in [0.25, 0.3) is 0 Å². The number of aliphatic hydroxyl groups is 4. The quantitative estimate of drug-likeness (QED) is 0.265. The van der Waals surface area contributed by atoms with Crippen molar-refractivity contribution in [3.05, 3.63) is 24.5 Å². The van der Waals surface area contributed by atoms with Gasteiger partial charge in [-0.1, -0.05) is 6.08 Å². The molecule has 8 atom stereocenters. The molecule has 1 saturated heterocycles. The number of aliphatic hydroxyl groups excluding tert-OH is 4. The van der Waals surface area contributed by atoms with E-state index >= 15 is 0 Å². The summed E-state index contributed by atoms with van der Waals surface area (Å²) >= 11 is 0. The lowest BCUT2D eigenvalue weighted by molar-refractivity contribution is -0.339. The van der Waals surface area contributed by atoms with Gasteiger partial charge in [0.15, 0.2) is 6.29 Å². The third kappa shape index (κ3) is 4.46. The molecule has 0 bridgehead atoms. The van der Waals surface area contributed by atoms with E-state index in [0.29, 0.717) is 0 Å². The van der Waals surface area contributed by atoms with Gasteiger partial charge in [0.05, 0.1) is 24.9 Å². The van der Waals surface area contributed by atoms with Crippen LogP contribution in [0.3, 0.4) is 0 Å². The minimum atomic E-state index is -1.69. The smallest absolute Gasteiger partial charge is 0.335 e. The summed E-state index contributed by atoms with van der Waals surface area (Å²) in [6.45, 7) is 2.89. The molecular formula is C16H22O11. The van der Waals surface area contributed by atoms with Crippen LogP contribution in [-0.2, 0) is 23.8 Å². The zero-order valence-corrected chi connectivity index (χ0v) is 14.1. The molecule has 0 saturated carbocycles. The summed E-state index contributed by atoms with van der Waals surface area (Å²) in [5.74, 6) is -4.56. The van der Waals surface area contributed by atoms with Crippen molar-refractivity contribution < 1.29 is 54.4 Å². The second-order valence-corrected chi connectivity index (χ2v) is 6.23. The van der Waals surface area contributed by atoms with Gasteiger partial charge in [0.25, 0.3) is 0 Å². The highest BCUT2D eigenvalue weighted by Crippen LogP contribution is 2.36. The van der Waals surface area contributed by atoms with Crippen LogP contribution >= 0.6 is 0 Å². The molecule has 11 nitrogen and oxygen atoms in total. The Bertz CT molecular complexity index is 601. The Hall–Kier alpha value is -2.02. The van der Waals surface area contributed by atoms with Gasteiger partial charge in [-0.3, -0.25) is 4.79 Å². The Balaban J connectivity index is 2.23. The summed E-state index contributed by atoms with van der Waals surface area (Å²) in [7, 11) is 0. The number of rotatable bonds is 7. The van der Waals surface area contributed by atoms with E-state index in [9.17, 15) is 35.1 Å². The molecule has 0 radical (unpaired) electrons. The largest absolute Gasteiger partial charge is 0.481 e. The Kier molecular flexibility index (Phi) is 6.92. The molecule has 0 aromatic heterocycles. The third-order valence-electron chi connectivity index (χ3n) is 4.54. The van der Waals surface area contributed by atoms with Crippen molar-refractivity contribution in [2.45, 2.75) is 43.4 Å². The first-order valence-corrected chi connectivity index (χ1v) is 8.10. The average Bonchev–Trinajstić information content (AvgIpc) is 2.61. The maximum absolute atomic E-state index is 11.3. The molecule has 2 aliphatic rings. The molecule has 11 heteroatoms. The summed E-state index contributed by atoms with van der Waals surface area (Å²) < 4.78 is 15.9. The maximum Gasteiger partial charge on any atom is 0.335 e. The normalized spacial score (nSPS) is 39.2. The fourth-order valence-corrected chi connectivity index (χ4v) is 3.07. The van der Waals surface area contributed by atoms with Crippen LogP contribution in [-0.4, -0.2) is 86.2 Å². The van der Waals surface area contributed by atoms with Crippen LogP contribution in [0.1, 0.15) is 6.42 Å². The first-order chi connectivity index (χ1) is 12.7. The molecule has 0 spiro atoms. The van der Waals surface area contributed by atoms with Crippen molar-refractivity contribution in [2.75, 3.05) is 6.61 Å². The molecule has 0 aromatic rings. The summed E-state index contributed by atoms with van der Waals surface area (Å²) in [6, 6.07) is 0. The van der Waals surface area contributed by atoms with E-state index in [1.165, 1.54) is 6.08 Å². The van der Waals surface area contributed by atoms with Gasteiger partial charge in [0.1, 0.15) is 24.4 Å². The number of aliphatic carboxylic acids is 2. The van der Waals surface area contributed by atoms with Crippen LogP contribution in [0.2, 0.25) is 0 Å². The molecule has 6 N–H and O–H groups in total. The van der Waals surface area contributed by atoms with Gasteiger partial charge in [-0.25, -0.2) is 4.79 Å². The average molecular weight is 390 g/mol. The maximum atomic E-state index is 11.3. The minimum absolute atomic E-state index is 0.282. The summed E-state index contributed by atoms with van der Waals surface area (Å²) in [6.07, 6.45) is -7.39. The van der Waals surface area contributed by atoms with E-state index in [2.05, 4.69) is 6.58 Å². The Morgan fingerprint density at radius 1 is 1.15 bits per heavy atom. The monoisotopic (exact) mass is 390 g/mol. The van der Waals surface area contributed by atoms with Crippen molar-refractivity contribution >= 4 is 11.9 Å². The van der Waals surface area contributed by atoms with Crippen molar-refractivity contribution in [1.29, 1.82) is 0 Å². The SMILES string of the molecule is C=C[C@H]1[C@H](O[C@@H]2O[C@H](CO)[C@@H](O)[C@H](O)[C@H]2O)OC=C(C(=O)O)[C@H]1CC(=O)O. The van der Waals surface area contributed by atoms with E-state index in [-0.39, 0.29) is 5.57 Å². The van der Waals surface area contributed by atoms with Crippen LogP contribution in [0.15, 0.2) is 24.5 Å². The number of carbonyl (C=O) groups is 2. The number of hydrogen-bond acceptors (Lipinski definition) is 9.